The first-order valence-electron chi connectivity index (χ1n) is 8.81. The maximum atomic E-state index is 12.9. The summed E-state index contributed by atoms with van der Waals surface area (Å²) in [5, 5.41) is 8.52. The van der Waals surface area contributed by atoms with E-state index in [1.165, 1.54) is 24.8 Å². The Hall–Kier alpha value is -2.43. The number of piperidine rings is 1. The van der Waals surface area contributed by atoms with Crippen LogP contribution in [0.1, 0.15) is 41.7 Å². The number of hydrogen-bond acceptors (Lipinski definition) is 4. The van der Waals surface area contributed by atoms with E-state index in [1.807, 2.05) is 35.2 Å². The summed E-state index contributed by atoms with van der Waals surface area (Å²) in [6.07, 6.45) is 5.70. The molecule has 1 aromatic carbocycles. The third-order valence-corrected chi connectivity index (χ3v) is 4.91. The van der Waals surface area contributed by atoms with Gasteiger partial charge >= 0.3 is 0 Å². The molecule has 2 aliphatic heterocycles. The topological polar surface area (TPSA) is 49.3 Å². The smallest absolute Gasteiger partial charge is 0.278 e. The molecule has 5 nitrogen and oxygen atoms in total. The number of benzene rings is 1. The maximum absolute atomic E-state index is 12.9. The number of carbonyl (C=O) groups excluding carboxylic acids is 1. The van der Waals surface area contributed by atoms with Gasteiger partial charge in [-0.2, -0.15) is 0 Å². The number of aryl methyl sites for hydroxylation is 1. The fourth-order valence-electron chi connectivity index (χ4n) is 3.61. The molecule has 3 heterocycles. The lowest BCUT2D eigenvalue weighted by Crippen LogP contribution is -2.36. The van der Waals surface area contributed by atoms with Gasteiger partial charge in [0.05, 0.1) is 0 Å². The van der Waals surface area contributed by atoms with Crippen LogP contribution in [0.4, 0.5) is 11.5 Å². The summed E-state index contributed by atoms with van der Waals surface area (Å²) in [7, 11) is 0. The van der Waals surface area contributed by atoms with Gasteiger partial charge in [0.2, 0.25) is 0 Å². The van der Waals surface area contributed by atoms with Crippen LogP contribution in [0.15, 0.2) is 36.4 Å². The first-order valence-corrected chi connectivity index (χ1v) is 8.81. The van der Waals surface area contributed by atoms with E-state index in [9.17, 15) is 4.79 Å². The van der Waals surface area contributed by atoms with Crippen molar-refractivity contribution in [2.75, 3.05) is 29.4 Å². The average molecular weight is 322 g/mol. The van der Waals surface area contributed by atoms with Gasteiger partial charge in [0, 0.05) is 25.3 Å². The molecular weight excluding hydrogens is 300 g/mol. The number of para-hydroxylation sites is 1. The van der Waals surface area contributed by atoms with Gasteiger partial charge in [-0.3, -0.25) is 4.79 Å². The minimum Gasteiger partial charge on any atom is -0.355 e. The molecule has 124 valence electrons. The molecular formula is C19H22N4O. The van der Waals surface area contributed by atoms with E-state index in [-0.39, 0.29) is 5.91 Å². The molecule has 5 heteroatoms. The molecule has 0 saturated carbocycles. The Morgan fingerprint density at radius 2 is 1.71 bits per heavy atom. The minimum atomic E-state index is -0.0557. The molecule has 4 rings (SSSR count). The number of nitrogens with zero attached hydrogens (tertiary/aromatic N) is 4. The Labute approximate surface area is 142 Å². The summed E-state index contributed by atoms with van der Waals surface area (Å²) in [6, 6.07) is 11.9. The van der Waals surface area contributed by atoms with E-state index in [2.05, 4.69) is 21.2 Å². The number of anilines is 2. The van der Waals surface area contributed by atoms with Crippen molar-refractivity contribution >= 4 is 17.4 Å². The van der Waals surface area contributed by atoms with Gasteiger partial charge in [0.25, 0.3) is 5.91 Å². The fraction of sp³-hybridized carbons (Fsp3) is 0.421. The van der Waals surface area contributed by atoms with E-state index >= 15 is 0 Å². The summed E-state index contributed by atoms with van der Waals surface area (Å²) in [5.74, 6) is 0.824. The lowest BCUT2D eigenvalue weighted by Gasteiger charge is -2.29. The van der Waals surface area contributed by atoms with Crippen LogP contribution >= 0.6 is 0 Å². The largest absolute Gasteiger partial charge is 0.355 e. The zero-order valence-electron chi connectivity index (χ0n) is 13.8. The second-order valence-electron chi connectivity index (χ2n) is 6.51. The molecule has 0 radical (unpaired) electrons. The highest BCUT2D eigenvalue weighted by Crippen LogP contribution is 2.28. The average Bonchev–Trinajstić information content (AvgIpc) is 2.68. The zero-order valence-corrected chi connectivity index (χ0v) is 13.8. The van der Waals surface area contributed by atoms with Crippen molar-refractivity contribution in [3.05, 3.63) is 47.7 Å². The van der Waals surface area contributed by atoms with Gasteiger partial charge in [-0.05, 0) is 55.9 Å². The third-order valence-electron chi connectivity index (χ3n) is 4.91. The summed E-state index contributed by atoms with van der Waals surface area (Å²) < 4.78 is 0. The first-order chi connectivity index (χ1) is 11.8. The molecule has 2 aliphatic rings. The molecule has 2 aromatic rings. The highest BCUT2D eigenvalue weighted by Gasteiger charge is 2.24. The summed E-state index contributed by atoms with van der Waals surface area (Å²) in [5.41, 5.74) is 2.66. The predicted octanol–water partition coefficient (Wildman–Crippen LogP) is 3.06. The highest BCUT2D eigenvalue weighted by molar-refractivity contribution is 6.05. The van der Waals surface area contributed by atoms with Crippen molar-refractivity contribution in [3.63, 3.8) is 0 Å². The Morgan fingerprint density at radius 3 is 2.50 bits per heavy atom. The van der Waals surface area contributed by atoms with Crippen LogP contribution < -0.4 is 9.80 Å². The van der Waals surface area contributed by atoms with Crippen LogP contribution in [-0.4, -0.2) is 35.7 Å². The van der Waals surface area contributed by atoms with Crippen molar-refractivity contribution in [1.82, 2.24) is 10.2 Å². The number of fused-ring (bicyclic) bond motifs is 1. The molecule has 1 aromatic heterocycles. The van der Waals surface area contributed by atoms with Crippen LogP contribution in [0.5, 0.6) is 0 Å². The molecule has 24 heavy (non-hydrogen) atoms. The quantitative estimate of drug-likeness (QED) is 0.852. The summed E-state index contributed by atoms with van der Waals surface area (Å²) >= 11 is 0. The lowest BCUT2D eigenvalue weighted by molar-refractivity contribution is 0.0979. The molecule has 0 spiro atoms. The molecule has 0 atom stereocenters. The predicted molar refractivity (Wildman–Crippen MR) is 94.5 cm³/mol. The zero-order chi connectivity index (χ0) is 16.4. The van der Waals surface area contributed by atoms with Crippen molar-refractivity contribution in [1.29, 1.82) is 0 Å². The number of hydrogen-bond donors (Lipinski definition) is 0. The molecule has 0 unspecified atom stereocenters. The van der Waals surface area contributed by atoms with Gasteiger partial charge in [-0.15, -0.1) is 10.2 Å². The monoisotopic (exact) mass is 322 g/mol. The van der Waals surface area contributed by atoms with Crippen molar-refractivity contribution < 1.29 is 4.79 Å². The summed E-state index contributed by atoms with van der Waals surface area (Å²) in [4.78, 5) is 16.9. The SMILES string of the molecule is O=C(c1ccc(N2CCCCC2)nn1)N1CCCc2ccccc21. The first kappa shape index (κ1) is 15.1. The molecule has 0 aliphatic carbocycles. The normalized spacial score (nSPS) is 17.5. The van der Waals surface area contributed by atoms with Crippen LogP contribution in [0.3, 0.4) is 0 Å². The molecule has 1 saturated heterocycles. The van der Waals surface area contributed by atoms with E-state index in [0.717, 1.165) is 44.0 Å². The molecule has 1 amide bonds. The van der Waals surface area contributed by atoms with Crippen LogP contribution in [0, 0.1) is 0 Å². The van der Waals surface area contributed by atoms with E-state index in [4.69, 9.17) is 0 Å². The highest BCUT2D eigenvalue weighted by atomic mass is 16.2. The number of rotatable bonds is 2. The van der Waals surface area contributed by atoms with Gasteiger partial charge in [-0.1, -0.05) is 18.2 Å². The minimum absolute atomic E-state index is 0.0557. The Bertz CT molecular complexity index is 722. The Morgan fingerprint density at radius 1 is 0.875 bits per heavy atom. The number of aromatic nitrogens is 2. The van der Waals surface area contributed by atoms with Crippen molar-refractivity contribution in [2.24, 2.45) is 0 Å². The number of amides is 1. The van der Waals surface area contributed by atoms with Crippen LogP contribution in [0.25, 0.3) is 0 Å². The Balaban J connectivity index is 1.55. The van der Waals surface area contributed by atoms with Gasteiger partial charge in [0.15, 0.2) is 11.5 Å². The van der Waals surface area contributed by atoms with Crippen LogP contribution in [-0.2, 0) is 6.42 Å². The van der Waals surface area contributed by atoms with Gasteiger partial charge in [0.1, 0.15) is 0 Å². The lowest BCUT2D eigenvalue weighted by atomic mass is 10.0. The van der Waals surface area contributed by atoms with Gasteiger partial charge < -0.3 is 9.80 Å². The van der Waals surface area contributed by atoms with E-state index in [0.29, 0.717) is 5.69 Å². The standard InChI is InChI=1S/C19H22N4O/c24-19(23-14-6-8-15-7-2-3-9-17(15)23)16-10-11-18(21-20-16)22-12-4-1-5-13-22/h2-3,7,9-11H,1,4-6,8,12-14H2. The third kappa shape index (κ3) is 2.86. The van der Waals surface area contributed by atoms with Crippen molar-refractivity contribution in [2.45, 2.75) is 32.1 Å². The van der Waals surface area contributed by atoms with E-state index < -0.39 is 0 Å². The fourth-order valence-corrected chi connectivity index (χ4v) is 3.61. The van der Waals surface area contributed by atoms with E-state index in [1.54, 1.807) is 0 Å². The molecule has 0 N–H and O–H groups in total. The van der Waals surface area contributed by atoms with Crippen LogP contribution in [0.2, 0.25) is 0 Å². The van der Waals surface area contributed by atoms with Gasteiger partial charge in [-0.25, -0.2) is 0 Å². The maximum Gasteiger partial charge on any atom is 0.278 e. The summed E-state index contributed by atoms with van der Waals surface area (Å²) in [6.45, 7) is 2.80. The van der Waals surface area contributed by atoms with Crippen molar-refractivity contribution in [3.8, 4) is 0 Å². The molecule has 1 fully saturated rings. The Kier molecular flexibility index (Phi) is 4.15. The second-order valence-corrected chi connectivity index (χ2v) is 6.51. The second kappa shape index (κ2) is 6.59. The number of carbonyl (C=O) groups is 1. The molecule has 0 bridgehead atoms.